The fourth-order valence-electron chi connectivity index (χ4n) is 1.76. The molecule has 7 heteroatoms. The molecule has 1 aromatic carbocycles. The van der Waals surface area contributed by atoms with Crippen molar-refractivity contribution >= 4 is 11.8 Å². The van der Waals surface area contributed by atoms with Crippen LogP contribution in [0.5, 0.6) is 0 Å². The molecule has 21 heavy (non-hydrogen) atoms. The smallest absolute Gasteiger partial charge is 0.229 e. The van der Waals surface area contributed by atoms with Crippen molar-refractivity contribution < 1.29 is 23.5 Å². The van der Waals surface area contributed by atoms with Crippen molar-refractivity contribution in [2.45, 2.75) is 25.9 Å². The average molecular weight is 300 g/mol. The predicted molar refractivity (Wildman–Crippen MR) is 72.2 cm³/mol. The van der Waals surface area contributed by atoms with Gasteiger partial charge in [0, 0.05) is 18.2 Å². The number of hydrogen-bond acceptors (Lipinski definition) is 3. The zero-order valence-corrected chi connectivity index (χ0v) is 11.9. The highest BCUT2D eigenvalue weighted by Gasteiger charge is 2.27. The highest BCUT2D eigenvalue weighted by Crippen LogP contribution is 2.23. The summed E-state index contributed by atoms with van der Waals surface area (Å²) < 4.78 is 26.4. The first-order valence-corrected chi connectivity index (χ1v) is 6.47. The highest BCUT2D eigenvalue weighted by molar-refractivity contribution is 5.96. The number of aliphatic hydroxyl groups is 1. The van der Waals surface area contributed by atoms with Gasteiger partial charge >= 0.3 is 0 Å². The summed E-state index contributed by atoms with van der Waals surface area (Å²) in [6, 6.07) is 2.78. The van der Waals surface area contributed by atoms with Crippen molar-refractivity contribution in [2.24, 2.45) is 0 Å². The third kappa shape index (κ3) is 5.11. The Morgan fingerprint density at radius 1 is 1.24 bits per heavy atom. The van der Waals surface area contributed by atoms with Crippen LogP contribution < -0.4 is 10.6 Å². The van der Waals surface area contributed by atoms with Crippen LogP contribution in [0.15, 0.2) is 18.2 Å². The van der Waals surface area contributed by atoms with Crippen molar-refractivity contribution in [3.05, 3.63) is 35.4 Å². The summed E-state index contributed by atoms with van der Waals surface area (Å²) in [6.07, 6.45) is -0.379. The predicted octanol–water partition coefficient (Wildman–Crippen LogP) is 0.815. The molecule has 0 aliphatic heterocycles. The van der Waals surface area contributed by atoms with E-state index < -0.39 is 29.0 Å². The quantitative estimate of drug-likeness (QED) is 0.680. The van der Waals surface area contributed by atoms with Crippen LogP contribution in [-0.4, -0.2) is 30.0 Å². The number of carbonyl (C=O) groups excluding carboxylic acids is 2. The summed E-state index contributed by atoms with van der Waals surface area (Å²) in [5.74, 6) is -2.70. The average Bonchev–Trinajstić information content (AvgIpc) is 2.36. The van der Waals surface area contributed by atoms with Gasteiger partial charge in [-0.25, -0.2) is 8.78 Å². The number of halogens is 2. The third-order valence-corrected chi connectivity index (χ3v) is 2.84. The second-order valence-electron chi connectivity index (χ2n) is 4.81. The number of rotatable bonds is 6. The van der Waals surface area contributed by atoms with Crippen molar-refractivity contribution in [1.29, 1.82) is 0 Å². The molecule has 0 spiro atoms. The molecule has 116 valence electrons. The Labute approximate surface area is 121 Å². The molecule has 2 amide bonds. The largest absolute Gasteiger partial charge is 0.383 e. The van der Waals surface area contributed by atoms with Crippen LogP contribution in [0.4, 0.5) is 8.78 Å². The summed E-state index contributed by atoms with van der Waals surface area (Å²) in [4.78, 5) is 22.7. The summed E-state index contributed by atoms with van der Waals surface area (Å²) in [6.45, 7) is 3.12. The van der Waals surface area contributed by atoms with Gasteiger partial charge in [-0.3, -0.25) is 9.59 Å². The lowest BCUT2D eigenvalue weighted by molar-refractivity contribution is -0.129. The van der Waals surface area contributed by atoms with Gasteiger partial charge < -0.3 is 15.7 Å². The van der Waals surface area contributed by atoms with Crippen LogP contribution in [-0.2, 0) is 15.2 Å². The normalized spacial score (nSPS) is 13.4. The van der Waals surface area contributed by atoms with Crippen molar-refractivity contribution in [3.8, 4) is 0 Å². The molecule has 1 atom stereocenters. The molecule has 0 bridgehead atoms. The first-order chi connectivity index (χ1) is 9.76. The van der Waals surface area contributed by atoms with Crippen LogP contribution in [0, 0.1) is 11.6 Å². The second kappa shape index (κ2) is 7.12. The van der Waals surface area contributed by atoms with Gasteiger partial charge in [-0.05, 0) is 19.9 Å². The maximum Gasteiger partial charge on any atom is 0.229 e. The molecule has 1 rings (SSSR count). The molecule has 1 unspecified atom stereocenters. The first-order valence-electron chi connectivity index (χ1n) is 6.47. The Kier molecular flexibility index (Phi) is 5.78. The lowest BCUT2D eigenvalue weighted by Crippen LogP contribution is -2.40. The highest BCUT2D eigenvalue weighted by atomic mass is 19.1. The minimum Gasteiger partial charge on any atom is -0.383 e. The minimum absolute atomic E-state index is 0.137. The third-order valence-electron chi connectivity index (χ3n) is 2.84. The number of amides is 2. The Morgan fingerprint density at radius 2 is 1.86 bits per heavy atom. The summed E-state index contributed by atoms with van der Waals surface area (Å²) in [7, 11) is 0. The standard InChI is InChI=1S/C14H18F2N2O3/c1-3-17-12(19)7-13(20)18-8-14(2,21)10-5-4-9(15)6-11(10)16/h4-6,21H,3,7-8H2,1-2H3,(H,17,19)(H,18,20). The zero-order valence-electron chi connectivity index (χ0n) is 11.9. The molecule has 0 saturated heterocycles. The molecule has 0 radical (unpaired) electrons. The Bertz CT molecular complexity index is 533. The van der Waals surface area contributed by atoms with E-state index in [1.165, 1.54) is 6.92 Å². The van der Waals surface area contributed by atoms with Crippen molar-refractivity contribution in [2.75, 3.05) is 13.1 Å². The maximum atomic E-state index is 13.6. The fraction of sp³-hybridized carbons (Fsp3) is 0.429. The molecule has 0 aliphatic carbocycles. The van der Waals surface area contributed by atoms with Crippen LogP contribution in [0.25, 0.3) is 0 Å². The number of nitrogens with one attached hydrogen (secondary N) is 2. The molecule has 0 aliphatic rings. The van der Waals surface area contributed by atoms with E-state index in [9.17, 15) is 23.5 Å². The molecule has 0 aromatic heterocycles. The van der Waals surface area contributed by atoms with E-state index in [2.05, 4.69) is 10.6 Å². The van der Waals surface area contributed by atoms with E-state index in [4.69, 9.17) is 0 Å². The van der Waals surface area contributed by atoms with E-state index in [1.54, 1.807) is 6.92 Å². The van der Waals surface area contributed by atoms with Crippen molar-refractivity contribution in [1.82, 2.24) is 10.6 Å². The monoisotopic (exact) mass is 300 g/mol. The second-order valence-corrected chi connectivity index (χ2v) is 4.81. The van der Waals surface area contributed by atoms with E-state index in [0.29, 0.717) is 12.6 Å². The fourth-order valence-corrected chi connectivity index (χ4v) is 1.76. The molecule has 0 fully saturated rings. The van der Waals surface area contributed by atoms with Crippen LogP contribution >= 0.6 is 0 Å². The minimum atomic E-state index is -1.71. The van der Waals surface area contributed by atoms with E-state index in [-0.39, 0.29) is 18.5 Å². The Hall–Kier alpha value is -2.02. The number of carbonyl (C=O) groups is 2. The van der Waals surface area contributed by atoms with Gasteiger partial charge in [0.25, 0.3) is 0 Å². The molecular weight excluding hydrogens is 282 g/mol. The lowest BCUT2D eigenvalue weighted by Gasteiger charge is -2.24. The van der Waals surface area contributed by atoms with Crippen LogP contribution in [0.1, 0.15) is 25.8 Å². The van der Waals surface area contributed by atoms with Gasteiger partial charge in [0.05, 0.1) is 6.54 Å². The van der Waals surface area contributed by atoms with Crippen molar-refractivity contribution in [3.63, 3.8) is 0 Å². The molecule has 0 heterocycles. The number of benzene rings is 1. The SMILES string of the molecule is CCNC(=O)CC(=O)NCC(C)(O)c1ccc(F)cc1F. The lowest BCUT2D eigenvalue weighted by atomic mass is 9.95. The van der Waals surface area contributed by atoms with E-state index >= 15 is 0 Å². The van der Waals surface area contributed by atoms with Crippen LogP contribution in [0.3, 0.4) is 0 Å². The maximum absolute atomic E-state index is 13.6. The van der Waals surface area contributed by atoms with Gasteiger partial charge in [-0.1, -0.05) is 6.07 Å². The zero-order chi connectivity index (χ0) is 16.0. The van der Waals surface area contributed by atoms with Gasteiger partial charge in [0.15, 0.2) is 0 Å². The molecule has 0 saturated carbocycles. The van der Waals surface area contributed by atoms with Gasteiger partial charge in [0.2, 0.25) is 11.8 Å². The van der Waals surface area contributed by atoms with E-state index in [0.717, 1.165) is 12.1 Å². The first kappa shape index (κ1) is 17.0. The van der Waals surface area contributed by atoms with Gasteiger partial charge in [-0.2, -0.15) is 0 Å². The van der Waals surface area contributed by atoms with E-state index in [1.807, 2.05) is 0 Å². The Balaban J connectivity index is 2.64. The number of hydrogen-bond donors (Lipinski definition) is 3. The van der Waals surface area contributed by atoms with Crippen LogP contribution in [0.2, 0.25) is 0 Å². The molecule has 5 nitrogen and oxygen atoms in total. The van der Waals surface area contributed by atoms with Gasteiger partial charge in [-0.15, -0.1) is 0 Å². The summed E-state index contributed by atoms with van der Waals surface area (Å²) in [5.41, 5.74) is -1.85. The Morgan fingerprint density at radius 3 is 2.43 bits per heavy atom. The molecule has 3 N–H and O–H groups in total. The summed E-state index contributed by atoms with van der Waals surface area (Å²) in [5, 5.41) is 15.0. The molecular formula is C14H18F2N2O3. The topological polar surface area (TPSA) is 78.4 Å². The molecule has 1 aromatic rings. The summed E-state index contributed by atoms with van der Waals surface area (Å²) >= 11 is 0. The van der Waals surface area contributed by atoms with Gasteiger partial charge in [0.1, 0.15) is 23.7 Å².